The fourth-order valence-corrected chi connectivity index (χ4v) is 7.86. The minimum Gasteiger partial charge on any atom is -0.545 e. The van der Waals surface area contributed by atoms with E-state index in [4.69, 9.17) is 9.97 Å². The van der Waals surface area contributed by atoms with Crippen molar-refractivity contribution >= 4 is 70.2 Å². The van der Waals surface area contributed by atoms with Crippen molar-refractivity contribution in [2.24, 2.45) is 0 Å². The number of benzene rings is 4. The van der Waals surface area contributed by atoms with Crippen LogP contribution >= 0.6 is 0 Å². The zero-order valence-electron chi connectivity index (χ0n) is 31.5. The fourth-order valence-electron chi connectivity index (χ4n) is 7.86. The van der Waals surface area contributed by atoms with Crippen molar-refractivity contribution in [1.29, 1.82) is 0 Å². The Morgan fingerprint density at radius 3 is 0.770 bits per heavy atom. The summed E-state index contributed by atoms with van der Waals surface area (Å²) in [4.78, 5) is 67.2. The van der Waals surface area contributed by atoms with E-state index in [1.54, 1.807) is 121 Å². The molecule has 3 aromatic heterocycles. The molecule has 7 aromatic rings. The van der Waals surface area contributed by atoms with E-state index in [9.17, 15) is 39.6 Å². The second-order valence-corrected chi connectivity index (χ2v) is 13.8. The zero-order valence-corrected chi connectivity index (χ0v) is 33.1. The number of carbonyl (C=O) groups excluding carboxylic acids is 4. The van der Waals surface area contributed by atoms with E-state index in [-0.39, 0.29) is 66.2 Å². The van der Waals surface area contributed by atoms with Crippen LogP contribution in [0.1, 0.15) is 64.2 Å². The maximum atomic E-state index is 12.6. The molecule has 2 aliphatic rings. The molecule has 0 saturated carbocycles. The topological polar surface area (TPSA) is 218 Å². The van der Waals surface area contributed by atoms with Crippen LogP contribution in [0.25, 0.3) is 90.9 Å². The number of hydrogen-bond acceptors (Lipinski definition) is 10. The standard InChI is InChI=1S/C48H30N4O8.Ti/c53-45(54)29-13-5-1-9-25(29)41-33-17-19-35(49-33)42(26-10-2-6-14-30(26)46(55)56)37-21-23-39(51-37)44(28-12-4-8-16-32(28)48(59)60)40-24-22-38(52-40)43(36-20-18-34(41)50-36)27-11-3-7-15-31(27)47(57)58;/h1-24,49,52H,(H,53,54)(H,55,56)(H,57,58)(H,59,60);/q;+4/p-4. The monoisotopic (exact) mass is 834 g/mol. The van der Waals surface area contributed by atoms with Crippen LogP contribution in [0.3, 0.4) is 0 Å². The van der Waals surface area contributed by atoms with Gasteiger partial charge < -0.3 is 49.6 Å². The molecule has 2 N–H and O–H groups in total. The van der Waals surface area contributed by atoms with E-state index in [0.29, 0.717) is 67.1 Å². The quantitative estimate of drug-likeness (QED) is 0.200. The van der Waals surface area contributed by atoms with E-state index in [2.05, 4.69) is 9.97 Å². The van der Waals surface area contributed by atoms with Crippen molar-refractivity contribution in [3.8, 4) is 44.5 Å². The first-order valence-electron chi connectivity index (χ1n) is 18.5. The Balaban J connectivity index is 0.00000514. The molecule has 2 aliphatic heterocycles. The molecule has 61 heavy (non-hydrogen) atoms. The number of nitrogens with zero attached hydrogens (tertiary/aromatic N) is 2. The van der Waals surface area contributed by atoms with Crippen LogP contribution in [0.15, 0.2) is 121 Å². The van der Waals surface area contributed by atoms with Crippen molar-refractivity contribution in [2.45, 2.75) is 0 Å². The number of nitrogens with one attached hydrogen (secondary N) is 2. The summed E-state index contributed by atoms with van der Waals surface area (Å²) in [5.41, 5.74) is 4.65. The molecule has 4 aromatic carbocycles. The van der Waals surface area contributed by atoms with Crippen molar-refractivity contribution in [1.82, 2.24) is 19.9 Å². The molecule has 5 heterocycles. The molecular formula is C48H26N4O8Ti. The van der Waals surface area contributed by atoms with Gasteiger partial charge in [0, 0.05) is 66.6 Å². The minimum absolute atomic E-state index is 0. The molecule has 0 amide bonds. The van der Waals surface area contributed by atoms with E-state index < -0.39 is 23.9 Å². The van der Waals surface area contributed by atoms with E-state index in [0.717, 1.165) is 0 Å². The Morgan fingerprint density at radius 1 is 0.344 bits per heavy atom. The molecule has 12 nitrogen and oxygen atoms in total. The summed E-state index contributed by atoms with van der Waals surface area (Å²) in [5.74, 6) is -5.75. The molecule has 13 heteroatoms. The van der Waals surface area contributed by atoms with Crippen LogP contribution < -0.4 is 20.4 Å². The zero-order chi connectivity index (χ0) is 41.7. The van der Waals surface area contributed by atoms with Crippen molar-refractivity contribution < 1.29 is 61.3 Å². The van der Waals surface area contributed by atoms with Gasteiger partial charge in [-0.2, -0.15) is 0 Å². The number of H-pyrrole nitrogens is 2. The summed E-state index contributed by atoms with van der Waals surface area (Å²) in [5, 5.41) is 50.3. The van der Waals surface area contributed by atoms with Crippen LogP contribution in [0.5, 0.6) is 0 Å². The second-order valence-electron chi connectivity index (χ2n) is 13.8. The normalized spacial score (nSPS) is 11.5. The fraction of sp³-hybridized carbons (Fsp3) is 0. The van der Waals surface area contributed by atoms with Gasteiger partial charge in [-0.25, -0.2) is 9.97 Å². The Labute approximate surface area is 360 Å². The Bertz CT molecular complexity index is 2830. The number of carboxylic acids is 4. The smallest absolute Gasteiger partial charge is 0.545 e. The number of aromatic nitrogens is 4. The second kappa shape index (κ2) is 16.0. The molecule has 8 bridgehead atoms. The first-order valence-corrected chi connectivity index (χ1v) is 18.5. The molecule has 0 spiro atoms. The summed E-state index contributed by atoms with van der Waals surface area (Å²) >= 11 is 0. The van der Waals surface area contributed by atoms with Crippen LogP contribution in [-0.2, 0) is 21.7 Å². The molecule has 0 aliphatic carbocycles. The number of carboxylic acid groups (broad SMARTS) is 4. The number of carbonyl (C=O) groups is 4. The number of aromatic amines is 2. The maximum absolute atomic E-state index is 12.6. The number of fused-ring (bicyclic) bond motifs is 8. The van der Waals surface area contributed by atoms with Crippen LogP contribution in [-0.4, -0.2) is 43.8 Å². The Morgan fingerprint density at radius 2 is 0.557 bits per heavy atom. The van der Waals surface area contributed by atoms with Crippen LogP contribution in [0.4, 0.5) is 0 Å². The van der Waals surface area contributed by atoms with Gasteiger partial charge >= 0.3 is 21.7 Å². The molecule has 9 rings (SSSR count). The first kappa shape index (κ1) is 39.9. The van der Waals surface area contributed by atoms with Crippen molar-refractivity contribution in [3.05, 3.63) is 166 Å². The number of hydrogen-bond donors (Lipinski definition) is 2. The molecule has 0 unspecified atom stereocenters. The molecule has 0 saturated heterocycles. The van der Waals surface area contributed by atoms with Crippen molar-refractivity contribution in [3.63, 3.8) is 0 Å². The van der Waals surface area contributed by atoms with Crippen LogP contribution in [0.2, 0.25) is 0 Å². The molecule has 0 atom stereocenters. The van der Waals surface area contributed by atoms with Gasteiger partial charge in [-0.05, 0) is 70.8 Å². The SMILES string of the molecule is O=C([O-])c1ccccc1-c1c2nc(c(-c3ccccc3C(=O)[O-])c3ccc([nH]3)c(-c3ccccc3C(=O)[O-])c3nc(c(-c4ccccc4C(=O)[O-])c4ccc1[nH]4)C=C3)C=C2.[Ti+4]. The minimum atomic E-state index is -1.44. The molecular weight excluding hydrogens is 808 g/mol. The summed E-state index contributed by atoms with van der Waals surface area (Å²) < 4.78 is 0. The third kappa shape index (κ3) is 7.05. The summed E-state index contributed by atoms with van der Waals surface area (Å²) in [6, 6.07) is 31.9. The molecule has 290 valence electrons. The summed E-state index contributed by atoms with van der Waals surface area (Å²) in [6.07, 6.45) is 6.70. The molecule has 0 radical (unpaired) electrons. The third-order valence-electron chi connectivity index (χ3n) is 10.4. The first-order chi connectivity index (χ1) is 29.1. The summed E-state index contributed by atoms with van der Waals surface area (Å²) in [7, 11) is 0. The maximum Gasteiger partial charge on any atom is 4.00 e. The summed E-state index contributed by atoms with van der Waals surface area (Å²) in [6.45, 7) is 0. The van der Waals surface area contributed by atoms with Gasteiger partial charge in [0.25, 0.3) is 0 Å². The van der Waals surface area contributed by atoms with Gasteiger partial charge in [-0.15, -0.1) is 0 Å². The third-order valence-corrected chi connectivity index (χ3v) is 10.4. The van der Waals surface area contributed by atoms with E-state index >= 15 is 0 Å². The van der Waals surface area contributed by atoms with Crippen molar-refractivity contribution in [2.75, 3.05) is 0 Å². The van der Waals surface area contributed by atoms with Crippen LogP contribution in [0, 0.1) is 0 Å². The van der Waals surface area contributed by atoms with Gasteiger partial charge in [0.15, 0.2) is 0 Å². The average molecular weight is 835 g/mol. The van der Waals surface area contributed by atoms with Gasteiger partial charge in [0.05, 0.1) is 46.7 Å². The Hall–Kier alpha value is -7.93. The van der Waals surface area contributed by atoms with Gasteiger partial charge in [-0.3, -0.25) is 0 Å². The average Bonchev–Trinajstić information content (AvgIpc) is 4.09. The number of aromatic carboxylic acids is 4. The van der Waals surface area contributed by atoms with Gasteiger partial charge in [0.2, 0.25) is 0 Å². The van der Waals surface area contributed by atoms with E-state index in [1.165, 1.54) is 24.3 Å². The largest absolute Gasteiger partial charge is 4.00 e. The van der Waals surface area contributed by atoms with Gasteiger partial charge in [-0.1, -0.05) is 97.1 Å². The Kier molecular flexibility index (Phi) is 10.5. The number of rotatable bonds is 8. The predicted octanol–water partition coefficient (Wildman–Crippen LogP) is 4.78. The molecule has 0 fully saturated rings. The van der Waals surface area contributed by atoms with Gasteiger partial charge in [0.1, 0.15) is 0 Å². The predicted molar refractivity (Wildman–Crippen MR) is 218 cm³/mol. The van der Waals surface area contributed by atoms with E-state index in [1.807, 2.05) is 0 Å².